The van der Waals surface area contributed by atoms with E-state index < -0.39 is 0 Å². The first-order chi connectivity index (χ1) is 8.22. The van der Waals surface area contributed by atoms with Crippen molar-refractivity contribution in [1.29, 1.82) is 0 Å². The summed E-state index contributed by atoms with van der Waals surface area (Å²) in [4.78, 5) is 11.9. The lowest BCUT2D eigenvalue weighted by atomic mass is 10.1. The van der Waals surface area contributed by atoms with Crippen LogP contribution in [0, 0.1) is 11.8 Å². The first-order valence-electron chi connectivity index (χ1n) is 6.29. The standard InChI is InChI=1S/C12H18N4O/c13-10-5-14-16(6-10)7-11(17)15-12(8-1-2-8)9-3-4-9/h5-6,8-9,12H,1-4,7,13H2,(H,15,17). The van der Waals surface area contributed by atoms with Crippen LogP contribution in [-0.4, -0.2) is 21.7 Å². The second-order valence-corrected chi connectivity index (χ2v) is 5.24. The molecule has 0 aromatic carbocycles. The highest BCUT2D eigenvalue weighted by Crippen LogP contribution is 2.44. The average molecular weight is 234 g/mol. The Morgan fingerprint density at radius 2 is 2.12 bits per heavy atom. The number of nitrogens with two attached hydrogens (primary N) is 1. The number of nitrogen functional groups attached to an aromatic ring is 1. The van der Waals surface area contributed by atoms with Gasteiger partial charge in [-0.2, -0.15) is 5.10 Å². The fraction of sp³-hybridized carbons (Fsp3) is 0.667. The maximum atomic E-state index is 11.9. The van der Waals surface area contributed by atoms with E-state index in [9.17, 15) is 4.79 Å². The lowest BCUT2D eigenvalue weighted by Crippen LogP contribution is -2.40. The predicted octanol–water partition coefficient (Wildman–Crippen LogP) is 0.770. The zero-order valence-corrected chi connectivity index (χ0v) is 9.80. The van der Waals surface area contributed by atoms with E-state index in [2.05, 4.69) is 10.4 Å². The third-order valence-corrected chi connectivity index (χ3v) is 3.55. The largest absolute Gasteiger partial charge is 0.396 e. The second-order valence-electron chi connectivity index (χ2n) is 5.24. The fourth-order valence-corrected chi connectivity index (χ4v) is 2.38. The Morgan fingerprint density at radius 3 is 2.59 bits per heavy atom. The minimum Gasteiger partial charge on any atom is -0.396 e. The van der Waals surface area contributed by atoms with E-state index in [1.165, 1.54) is 25.7 Å². The minimum atomic E-state index is 0.0527. The molecule has 1 aromatic heterocycles. The summed E-state index contributed by atoms with van der Waals surface area (Å²) in [6.45, 7) is 0.271. The molecule has 3 N–H and O–H groups in total. The fourth-order valence-electron chi connectivity index (χ4n) is 2.38. The van der Waals surface area contributed by atoms with Crippen molar-refractivity contribution in [2.75, 3.05) is 5.73 Å². The Hall–Kier alpha value is -1.52. The third kappa shape index (κ3) is 2.60. The normalized spacial score (nSPS) is 19.6. The summed E-state index contributed by atoms with van der Waals surface area (Å²) in [5, 5.41) is 7.17. The molecule has 0 unspecified atom stereocenters. The lowest BCUT2D eigenvalue weighted by Gasteiger charge is -2.17. The molecule has 5 nitrogen and oxygen atoms in total. The van der Waals surface area contributed by atoms with Gasteiger partial charge in [-0.05, 0) is 37.5 Å². The number of nitrogens with one attached hydrogen (secondary N) is 1. The van der Waals surface area contributed by atoms with E-state index in [1.807, 2.05) is 0 Å². The van der Waals surface area contributed by atoms with E-state index in [4.69, 9.17) is 5.73 Å². The number of nitrogens with zero attached hydrogens (tertiary/aromatic N) is 2. The minimum absolute atomic E-state index is 0.0527. The van der Waals surface area contributed by atoms with Crippen LogP contribution < -0.4 is 11.1 Å². The van der Waals surface area contributed by atoms with Crippen molar-refractivity contribution in [2.24, 2.45) is 11.8 Å². The number of hydrogen-bond donors (Lipinski definition) is 2. The summed E-state index contributed by atoms with van der Waals surface area (Å²) in [6, 6.07) is 0.412. The first-order valence-corrected chi connectivity index (χ1v) is 6.29. The molecule has 1 amide bonds. The van der Waals surface area contributed by atoms with Crippen LogP contribution in [0.2, 0.25) is 0 Å². The molecule has 0 saturated heterocycles. The van der Waals surface area contributed by atoms with Crippen molar-refractivity contribution in [2.45, 2.75) is 38.3 Å². The number of carbonyl (C=O) groups excluding carboxylic acids is 1. The smallest absolute Gasteiger partial charge is 0.241 e. The van der Waals surface area contributed by atoms with Gasteiger partial charge in [0.25, 0.3) is 0 Å². The van der Waals surface area contributed by atoms with Gasteiger partial charge in [-0.3, -0.25) is 9.48 Å². The highest BCUT2D eigenvalue weighted by atomic mass is 16.2. The van der Waals surface area contributed by atoms with Gasteiger partial charge >= 0.3 is 0 Å². The predicted molar refractivity (Wildman–Crippen MR) is 64.0 cm³/mol. The molecule has 92 valence electrons. The molecule has 0 bridgehead atoms. The first kappa shape index (κ1) is 10.6. The maximum absolute atomic E-state index is 11.9. The summed E-state index contributed by atoms with van der Waals surface area (Å²) in [7, 11) is 0. The molecule has 0 aliphatic heterocycles. The van der Waals surface area contributed by atoms with Crippen LogP contribution in [0.3, 0.4) is 0 Å². The van der Waals surface area contributed by atoms with Gasteiger partial charge in [0.2, 0.25) is 5.91 Å². The molecule has 1 heterocycles. The number of rotatable bonds is 5. The Kier molecular flexibility index (Phi) is 2.53. The molecular formula is C12H18N4O. The molecule has 0 spiro atoms. The molecule has 5 heteroatoms. The maximum Gasteiger partial charge on any atom is 0.241 e. The molecule has 17 heavy (non-hydrogen) atoms. The molecule has 2 aliphatic carbocycles. The van der Waals surface area contributed by atoms with Gasteiger partial charge in [-0.25, -0.2) is 0 Å². The summed E-state index contributed by atoms with van der Waals surface area (Å²) < 4.78 is 1.58. The molecule has 2 fully saturated rings. The number of hydrogen-bond acceptors (Lipinski definition) is 3. The van der Waals surface area contributed by atoms with E-state index in [0.29, 0.717) is 11.7 Å². The van der Waals surface area contributed by atoms with Crippen molar-refractivity contribution in [3.63, 3.8) is 0 Å². The van der Waals surface area contributed by atoms with Gasteiger partial charge in [-0.1, -0.05) is 0 Å². The Balaban J connectivity index is 1.55. The van der Waals surface area contributed by atoms with E-state index >= 15 is 0 Å². The van der Waals surface area contributed by atoms with Crippen LogP contribution in [0.5, 0.6) is 0 Å². The summed E-state index contributed by atoms with van der Waals surface area (Å²) >= 11 is 0. The highest BCUT2D eigenvalue weighted by Gasteiger charge is 2.42. The molecule has 2 aliphatic rings. The van der Waals surface area contributed by atoms with Gasteiger partial charge in [0.15, 0.2) is 0 Å². The van der Waals surface area contributed by atoms with Gasteiger partial charge in [0, 0.05) is 12.2 Å². The Bertz CT molecular complexity index is 408. The highest BCUT2D eigenvalue weighted by molar-refractivity contribution is 5.76. The zero-order valence-electron chi connectivity index (χ0n) is 9.80. The van der Waals surface area contributed by atoms with E-state index in [1.54, 1.807) is 17.1 Å². The van der Waals surface area contributed by atoms with Gasteiger partial charge in [0.1, 0.15) is 6.54 Å². The van der Waals surface area contributed by atoms with Crippen molar-refractivity contribution >= 4 is 11.6 Å². The summed E-state index contributed by atoms with van der Waals surface area (Å²) in [6.07, 6.45) is 8.34. The van der Waals surface area contributed by atoms with Gasteiger partial charge in [0.05, 0.1) is 11.9 Å². The van der Waals surface area contributed by atoms with Crippen LogP contribution >= 0.6 is 0 Å². The number of carbonyl (C=O) groups is 1. The van der Waals surface area contributed by atoms with E-state index in [0.717, 1.165) is 11.8 Å². The SMILES string of the molecule is Nc1cnn(CC(=O)NC(C2CC2)C2CC2)c1. The van der Waals surface area contributed by atoms with Crippen LogP contribution in [0.1, 0.15) is 25.7 Å². The molecular weight excluding hydrogens is 216 g/mol. The second kappa shape index (κ2) is 4.05. The lowest BCUT2D eigenvalue weighted by molar-refractivity contribution is -0.122. The molecule has 2 saturated carbocycles. The van der Waals surface area contributed by atoms with Crippen molar-refractivity contribution < 1.29 is 4.79 Å². The van der Waals surface area contributed by atoms with Crippen LogP contribution in [0.15, 0.2) is 12.4 Å². The molecule has 0 atom stereocenters. The van der Waals surface area contributed by atoms with Gasteiger partial charge in [-0.15, -0.1) is 0 Å². The molecule has 0 radical (unpaired) electrons. The molecule has 1 aromatic rings. The third-order valence-electron chi connectivity index (χ3n) is 3.55. The number of amides is 1. The quantitative estimate of drug-likeness (QED) is 0.790. The van der Waals surface area contributed by atoms with Crippen molar-refractivity contribution in [3.05, 3.63) is 12.4 Å². The van der Waals surface area contributed by atoms with Crippen molar-refractivity contribution in [3.8, 4) is 0 Å². The summed E-state index contributed by atoms with van der Waals surface area (Å²) in [5.74, 6) is 1.51. The zero-order chi connectivity index (χ0) is 11.8. The Morgan fingerprint density at radius 1 is 1.47 bits per heavy atom. The number of anilines is 1. The van der Waals surface area contributed by atoms with Crippen LogP contribution in [0.4, 0.5) is 5.69 Å². The Labute approximate surface area is 100 Å². The van der Waals surface area contributed by atoms with E-state index in [-0.39, 0.29) is 12.5 Å². The topological polar surface area (TPSA) is 72.9 Å². The summed E-state index contributed by atoms with van der Waals surface area (Å²) in [5.41, 5.74) is 6.15. The monoisotopic (exact) mass is 234 g/mol. The average Bonchev–Trinajstić information content (AvgIpc) is 3.17. The van der Waals surface area contributed by atoms with Crippen LogP contribution in [0.25, 0.3) is 0 Å². The number of aromatic nitrogens is 2. The molecule has 3 rings (SSSR count). The van der Waals surface area contributed by atoms with Gasteiger partial charge < -0.3 is 11.1 Å². The van der Waals surface area contributed by atoms with Crippen LogP contribution in [-0.2, 0) is 11.3 Å². The van der Waals surface area contributed by atoms with Crippen molar-refractivity contribution in [1.82, 2.24) is 15.1 Å².